The van der Waals surface area contributed by atoms with Crippen molar-refractivity contribution in [1.29, 1.82) is 0 Å². The third-order valence-corrected chi connectivity index (χ3v) is 8.97. The Bertz CT molecular complexity index is 988. The van der Waals surface area contributed by atoms with Gasteiger partial charge in [0.2, 0.25) is 11.5 Å². The highest BCUT2D eigenvalue weighted by molar-refractivity contribution is 5.85. The SMILES string of the molecule is NC(=O)C[C@@H]1C(OC(=O)C(O)(c2ccccc2)c2ccccc2)C2CC[N+]1(C1CCCCC1)CC2. The quantitative estimate of drug-likeness (QED) is 0.471. The van der Waals surface area contributed by atoms with Crippen molar-refractivity contribution in [2.24, 2.45) is 11.7 Å². The maximum atomic E-state index is 13.9. The van der Waals surface area contributed by atoms with Crippen molar-refractivity contribution in [2.45, 2.75) is 75.2 Å². The van der Waals surface area contributed by atoms with Crippen molar-refractivity contribution < 1.29 is 23.9 Å². The number of quaternary nitrogens is 1. The highest BCUT2D eigenvalue weighted by Gasteiger charge is 2.59. The number of ether oxygens (including phenoxy) is 1. The summed E-state index contributed by atoms with van der Waals surface area (Å²) in [6, 6.07) is 18.3. The molecule has 0 aromatic heterocycles. The lowest BCUT2D eigenvalue weighted by molar-refractivity contribution is -0.991. The van der Waals surface area contributed by atoms with Gasteiger partial charge in [-0.15, -0.1) is 0 Å². The molecule has 2 aromatic rings. The molecule has 4 fully saturated rings. The number of aliphatic hydroxyl groups is 1. The fourth-order valence-electron chi connectivity index (χ4n) is 7.22. The molecule has 1 unspecified atom stereocenters. The Balaban J connectivity index is 1.50. The molecule has 1 aliphatic carbocycles. The Morgan fingerprint density at radius 1 is 0.886 bits per heavy atom. The average molecular weight is 478 g/mol. The van der Waals surface area contributed by atoms with Gasteiger partial charge in [-0.1, -0.05) is 67.1 Å². The van der Waals surface area contributed by atoms with E-state index in [1.807, 2.05) is 36.4 Å². The molecule has 2 bridgehead atoms. The summed E-state index contributed by atoms with van der Waals surface area (Å²) < 4.78 is 7.16. The molecule has 6 nitrogen and oxygen atoms in total. The van der Waals surface area contributed by atoms with Crippen LogP contribution in [0.25, 0.3) is 0 Å². The second-order valence-electron chi connectivity index (χ2n) is 10.7. The molecular formula is C29H37N2O4+. The van der Waals surface area contributed by atoms with Crippen molar-refractivity contribution in [3.05, 3.63) is 71.8 Å². The standard InChI is InChI=1S/C29H36N2O4/c30-26(32)20-25-27(21-16-18-31(25,19-17-21)24-14-8-3-9-15-24)35-28(33)29(34,22-10-4-1-5-11-22)23-12-6-2-7-13-23/h1-2,4-7,10-13,21,24-25,27,34H,3,8-9,14-20H2,(H-,30,32)/p+1/t21?,25-,27?,31?/m1/s1. The van der Waals surface area contributed by atoms with Gasteiger partial charge >= 0.3 is 5.97 Å². The first-order valence-corrected chi connectivity index (χ1v) is 13.1. The van der Waals surface area contributed by atoms with Crippen LogP contribution in [0.15, 0.2) is 60.7 Å². The zero-order chi connectivity index (χ0) is 24.5. The molecule has 3 heterocycles. The molecule has 2 atom stereocenters. The monoisotopic (exact) mass is 477 g/mol. The second kappa shape index (κ2) is 9.75. The van der Waals surface area contributed by atoms with E-state index in [2.05, 4.69) is 0 Å². The maximum Gasteiger partial charge on any atom is 0.348 e. The first-order chi connectivity index (χ1) is 16.9. The van der Waals surface area contributed by atoms with Gasteiger partial charge in [0, 0.05) is 18.8 Å². The summed E-state index contributed by atoms with van der Waals surface area (Å²) in [4.78, 5) is 26.2. The van der Waals surface area contributed by atoms with Gasteiger partial charge in [-0.05, 0) is 36.8 Å². The fraction of sp³-hybridized carbons (Fsp3) is 0.517. The van der Waals surface area contributed by atoms with Crippen molar-refractivity contribution in [2.75, 3.05) is 13.1 Å². The number of nitrogens with two attached hydrogens (primary N) is 1. The molecule has 6 heteroatoms. The number of esters is 1. The van der Waals surface area contributed by atoms with Gasteiger partial charge in [0.1, 0.15) is 6.04 Å². The number of primary amides is 1. The predicted molar refractivity (Wildman–Crippen MR) is 133 cm³/mol. The Morgan fingerprint density at radius 2 is 1.43 bits per heavy atom. The summed E-state index contributed by atoms with van der Waals surface area (Å²) in [5.41, 5.74) is 4.78. The number of hydrogen-bond donors (Lipinski definition) is 2. The Hall–Kier alpha value is -2.70. The highest BCUT2D eigenvalue weighted by Crippen LogP contribution is 2.47. The number of piperidine rings is 3. The van der Waals surface area contributed by atoms with Crippen LogP contribution in [0.3, 0.4) is 0 Å². The van der Waals surface area contributed by atoms with Crippen molar-refractivity contribution in [3.8, 4) is 0 Å². The minimum Gasteiger partial charge on any atom is -0.453 e. The summed E-state index contributed by atoms with van der Waals surface area (Å²) in [5.74, 6) is -0.842. The molecule has 3 aliphatic heterocycles. The van der Waals surface area contributed by atoms with Crippen molar-refractivity contribution in [1.82, 2.24) is 0 Å². The van der Waals surface area contributed by atoms with Crippen LogP contribution in [0.2, 0.25) is 0 Å². The van der Waals surface area contributed by atoms with Gasteiger partial charge in [0.05, 0.1) is 25.6 Å². The smallest absolute Gasteiger partial charge is 0.348 e. The molecule has 0 radical (unpaired) electrons. The zero-order valence-corrected chi connectivity index (χ0v) is 20.4. The third-order valence-electron chi connectivity index (χ3n) is 8.97. The number of carbonyl (C=O) groups excluding carboxylic acids is 2. The van der Waals surface area contributed by atoms with E-state index in [9.17, 15) is 14.7 Å². The van der Waals surface area contributed by atoms with E-state index in [1.165, 1.54) is 19.3 Å². The number of rotatable bonds is 7. The molecule has 4 aliphatic rings. The van der Waals surface area contributed by atoms with Crippen LogP contribution in [0.4, 0.5) is 0 Å². The van der Waals surface area contributed by atoms with Gasteiger partial charge < -0.3 is 20.1 Å². The molecule has 1 saturated carbocycles. The van der Waals surface area contributed by atoms with Crippen LogP contribution in [-0.4, -0.2) is 52.7 Å². The number of benzene rings is 2. The van der Waals surface area contributed by atoms with E-state index < -0.39 is 17.7 Å². The number of carbonyl (C=O) groups is 2. The van der Waals surface area contributed by atoms with Crippen LogP contribution >= 0.6 is 0 Å². The van der Waals surface area contributed by atoms with Crippen LogP contribution in [0.5, 0.6) is 0 Å². The molecule has 2 aromatic carbocycles. The summed E-state index contributed by atoms with van der Waals surface area (Å²) in [5, 5.41) is 11.9. The normalized spacial score (nSPS) is 29.0. The topological polar surface area (TPSA) is 89.6 Å². The van der Waals surface area contributed by atoms with E-state index in [-0.39, 0.29) is 24.3 Å². The van der Waals surface area contributed by atoms with Gasteiger partial charge in [-0.25, -0.2) is 4.79 Å². The number of amides is 1. The minimum absolute atomic E-state index is 0.150. The average Bonchev–Trinajstić information content (AvgIpc) is 2.91. The lowest BCUT2D eigenvalue weighted by Crippen LogP contribution is -2.74. The lowest BCUT2D eigenvalue weighted by atomic mass is 9.73. The summed E-state index contributed by atoms with van der Waals surface area (Å²) >= 11 is 0. The first-order valence-electron chi connectivity index (χ1n) is 13.1. The van der Waals surface area contributed by atoms with Crippen LogP contribution < -0.4 is 5.73 Å². The third kappa shape index (κ3) is 4.27. The van der Waals surface area contributed by atoms with Crippen LogP contribution in [0.1, 0.15) is 62.5 Å². The zero-order valence-electron chi connectivity index (χ0n) is 20.4. The molecule has 0 spiro atoms. The van der Waals surface area contributed by atoms with Gasteiger partial charge in [0.25, 0.3) is 0 Å². The number of fused-ring (bicyclic) bond motifs is 3. The second-order valence-corrected chi connectivity index (χ2v) is 10.7. The number of hydrogen-bond acceptors (Lipinski definition) is 4. The van der Waals surface area contributed by atoms with Gasteiger partial charge in [0.15, 0.2) is 6.10 Å². The summed E-state index contributed by atoms with van der Waals surface area (Å²) in [7, 11) is 0. The molecule has 6 rings (SSSR count). The molecule has 3 N–H and O–H groups in total. The Kier molecular flexibility index (Phi) is 6.69. The van der Waals surface area contributed by atoms with Crippen molar-refractivity contribution >= 4 is 11.9 Å². The lowest BCUT2D eigenvalue weighted by Gasteiger charge is -2.61. The fourth-order valence-corrected chi connectivity index (χ4v) is 7.22. The maximum absolute atomic E-state index is 13.9. The van der Waals surface area contributed by atoms with E-state index >= 15 is 0 Å². The Morgan fingerprint density at radius 3 is 1.94 bits per heavy atom. The molecule has 35 heavy (non-hydrogen) atoms. The highest BCUT2D eigenvalue weighted by atomic mass is 16.6. The molecular weight excluding hydrogens is 440 g/mol. The number of nitrogens with zero attached hydrogens (tertiary/aromatic N) is 1. The van der Waals surface area contributed by atoms with Crippen molar-refractivity contribution in [3.63, 3.8) is 0 Å². The first kappa shape index (κ1) is 24.0. The molecule has 186 valence electrons. The van der Waals surface area contributed by atoms with E-state index in [4.69, 9.17) is 10.5 Å². The van der Waals surface area contributed by atoms with Gasteiger partial charge in [-0.2, -0.15) is 0 Å². The van der Waals surface area contributed by atoms with E-state index in [1.54, 1.807) is 24.3 Å². The van der Waals surface area contributed by atoms with Crippen LogP contribution in [-0.2, 0) is 19.9 Å². The largest absolute Gasteiger partial charge is 0.453 e. The van der Waals surface area contributed by atoms with E-state index in [0.717, 1.165) is 43.3 Å². The predicted octanol–water partition coefficient (Wildman–Crippen LogP) is 3.65. The Labute approximate surface area is 207 Å². The molecule has 1 amide bonds. The van der Waals surface area contributed by atoms with Crippen LogP contribution in [0, 0.1) is 5.92 Å². The minimum atomic E-state index is -1.93. The summed E-state index contributed by atoms with van der Waals surface area (Å²) in [6.45, 7) is 2.03. The molecule has 3 saturated heterocycles. The van der Waals surface area contributed by atoms with E-state index in [0.29, 0.717) is 17.2 Å². The van der Waals surface area contributed by atoms with Gasteiger partial charge in [-0.3, -0.25) is 4.79 Å². The summed E-state index contributed by atoms with van der Waals surface area (Å²) in [6.07, 6.45) is 7.71.